The highest BCUT2D eigenvalue weighted by atomic mass is 128. The highest BCUT2D eigenvalue weighted by Crippen LogP contribution is 2.25. The number of halogens is 2. The predicted molar refractivity (Wildman–Crippen MR) is 202 cm³/mol. The van der Waals surface area contributed by atoms with Crippen LogP contribution in [0.3, 0.4) is 0 Å². The van der Waals surface area contributed by atoms with Crippen LogP contribution in [-0.4, -0.2) is 36.7 Å². The Morgan fingerprint density at radius 2 is 1.07 bits per heavy atom. The maximum atomic E-state index is 12.1. The molecule has 0 aliphatic heterocycles. The third-order valence-electron chi connectivity index (χ3n) is 6.20. The zero-order valence-electron chi connectivity index (χ0n) is 28.5. The van der Waals surface area contributed by atoms with Gasteiger partial charge in [0.2, 0.25) is 0 Å². The van der Waals surface area contributed by atoms with Crippen molar-refractivity contribution in [3.63, 3.8) is 0 Å². The Labute approximate surface area is 291 Å². The highest BCUT2D eigenvalue weighted by Gasteiger charge is 2.32. The minimum absolute atomic E-state index is 0. The molecule has 0 radical (unpaired) electrons. The number of carbonyl (C=O) groups excluding carboxylic acids is 4. The lowest BCUT2D eigenvalue weighted by atomic mass is 9.84. The van der Waals surface area contributed by atoms with Crippen LogP contribution < -0.4 is 0 Å². The van der Waals surface area contributed by atoms with E-state index in [1.165, 1.54) is 25.0 Å². The summed E-state index contributed by atoms with van der Waals surface area (Å²) in [5.74, 6) is -1.59. The van der Waals surface area contributed by atoms with Gasteiger partial charge in [0.05, 0.1) is 0 Å². The number of Topliss-reactive ketones (excluding diaryl/α,β-unsaturated/α-hetero) is 2. The van der Waals surface area contributed by atoms with E-state index < -0.39 is 17.9 Å². The molecule has 250 valence electrons. The Morgan fingerprint density at radius 3 is 1.34 bits per heavy atom. The molecule has 0 rings (SSSR count). The van der Waals surface area contributed by atoms with Crippen molar-refractivity contribution in [1.29, 1.82) is 0 Å². The normalized spacial score (nSPS) is 10.0. The van der Waals surface area contributed by atoms with Crippen LogP contribution in [0, 0.1) is 17.8 Å². The van der Waals surface area contributed by atoms with E-state index in [1.54, 1.807) is 13.8 Å². The minimum atomic E-state index is -0.759. The number of ether oxygens (including phenoxy) is 2. The molecule has 8 heteroatoms. The van der Waals surface area contributed by atoms with E-state index >= 15 is 0 Å². The molecule has 0 spiro atoms. The molecule has 0 aliphatic rings. The molecule has 0 aliphatic carbocycles. The molecule has 0 aromatic rings. The van der Waals surface area contributed by atoms with E-state index in [-0.39, 0.29) is 44.5 Å². The first kappa shape index (κ1) is 51.4. The van der Waals surface area contributed by atoms with Gasteiger partial charge in [0.1, 0.15) is 37.1 Å². The van der Waals surface area contributed by atoms with Gasteiger partial charge in [-0.3, -0.25) is 19.2 Å². The molecular weight excluding hydrogens is 782 g/mol. The summed E-state index contributed by atoms with van der Waals surface area (Å²) < 4.78 is 9.92. The predicted octanol–water partition coefficient (Wildman–Crippen LogP) is 10.4. The summed E-state index contributed by atoms with van der Waals surface area (Å²) in [6.07, 6.45) is -0.176. The first-order chi connectivity index (χ1) is 19.8. The van der Waals surface area contributed by atoms with Crippen LogP contribution in [0.1, 0.15) is 104 Å². The fourth-order valence-electron chi connectivity index (χ4n) is 3.09. The lowest BCUT2D eigenvalue weighted by Crippen LogP contribution is -2.31. The van der Waals surface area contributed by atoms with Gasteiger partial charge >= 0.3 is 11.9 Å². The molecule has 2 unspecified atom stereocenters. The SMILES string of the molecule is C.C=C=C=C(C)COC(=O)C(C(C)=O)C(C)C(C)=C(C)C.C=C=C=C(C)COC(=O)CC(C)=O.CC(C)=C(C)C(C)C.II. The molecule has 0 amide bonds. The Balaban J connectivity index is -0.000000182. The van der Waals surface area contributed by atoms with Crippen molar-refractivity contribution in [1.82, 2.24) is 0 Å². The van der Waals surface area contributed by atoms with Gasteiger partial charge in [-0.25, -0.2) is 0 Å². The van der Waals surface area contributed by atoms with Crippen LogP contribution in [0.4, 0.5) is 0 Å². The Kier molecular flexibility index (Phi) is 36.0. The molecule has 0 aromatic carbocycles. The van der Waals surface area contributed by atoms with Gasteiger partial charge < -0.3 is 9.47 Å². The summed E-state index contributed by atoms with van der Waals surface area (Å²) in [5, 5.41) is 0. The largest absolute Gasteiger partial charge is 0.460 e. The molecule has 0 heterocycles. The van der Waals surface area contributed by atoms with E-state index in [4.69, 9.17) is 9.47 Å². The monoisotopic (exact) mass is 838 g/mol. The van der Waals surface area contributed by atoms with Crippen LogP contribution in [0.25, 0.3) is 0 Å². The second kappa shape index (κ2) is 30.8. The molecule has 0 N–H and O–H groups in total. The van der Waals surface area contributed by atoms with Crippen molar-refractivity contribution in [2.24, 2.45) is 17.8 Å². The fourth-order valence-corrected chi connectivity index (χ4v) is 3.09. The summed E-state index contributed by atoms with van der Waals surface area (Å²) in [7, 11) is 0. The Morgan fingerprint density at radius 1 is 0.682 bits per heavy atom. The number of allylic oxidation sites excluding steroid dienone is 4. The molecule has 44 heavy (non-hydrogen) atoms. The number of esters is 2. The van der Waals surface area contributed by atoms with Gasteiger partial charge in [-0.05, 0) is 94.2 Å². The second-order valence-corrected chi connectivity index (χ2v) is 10.7. The van der Waals surface area contributed by atoms with Crippen LogP contribution in [0.5, 0.6) is 0 Å². The maximum Gasteiger partial charge on any atom is 0.317 e. The quantitative estimate of drug-likeness (QED) is 0.0677. The molecule has 0 fully saturated rings. The number of hydrogen-bond donors (Lipinski definition) is 0. The fraction of sp³-hybridized carbons (Fsp3) is 0.556. The first-order valence-electron chi connectivity index (χ1n) is 13.8. The number of hydrogen-bond acceptors (Lipinski definition) is 6. The van der Waals surface area contributed by atoms with E-state index in [9.17, 15) is 19.2 Å². The van der Waals surface area contributed by atoms with E-state index in [0.29, 0.717) is 11.1 Å². The van der Waals surface area contributed by atoms with Crippen LogP contribution in [0.15, 0.2) is 69.5 Å². The third kappa shape index (κ3) is 28.6. The van der Waals surface area contributed by atoms with Crippen LogP contribution in [0.2, 0.25) is 0 Å². The molecule has 0 aromatic heterocycles. The zero-order valence-corrected chi connectivity index (χ0v) is 32.8. The first-order valence-corrected chi connectivity index (χ1v) is 20.1. The lowest BCUT2D eigenvalue weighted by Gasteiger charge is -2.22. The molecular formula is C36H56I2O6. The highest BCUT2D eigenvalue weighted by molar-refractivity contribution is 15.0. The van der Waals surface area contributed by atoms with Crippen molar-refractivity contribution >= 4 is 60.7 Å². The van der Waals surface area contributed by atoms with Crippen molar-refractivity contribution in [3.8, 4) is 0 Å². The van der Waals surface area contributed by atoms with Crippen molar-refractivity contribution in [3.05, 3.63) is 69.5 Å². The van der Waals surface area contributed by atoms with Crippen molar-refractivity contribution in [2.45, 2.75) is 104 Å². The minimum Gasteiger partial charge on any atom is -0.460 e. The lowest BCUT2D eigenvalue weighted by molar-refractivity contribution is -0.152. The van der Waals surface area contributed by atoms with Gasteiger partial charge in [0.25, 0.3) is 0 Å². The molecule has 2 atom stereocenters. The summed E-state index contributed by atoms with van der Waals surface area (Å²) in [5.41, 5.74) is 16.9. The van der Waals surface area contributed by atoms with Crippen molar-refractivity contribution in [2.75, 3.05) is 13.2 Å². The third-order valence-corrected chi connectivity index (χ3v) is 6.20. The second-order valence-electron chi connectivity index (χ2n) is 10.7. The number of ketones is 2. The van der Waals surface area contributed by atoms with E-state index in [0.717, 1.165) is 17.1 Å². The van der Waals surface area contributed by atoms with E-state index in [1.807, 2.05) is 27.7 Å². The summed E-state index contributed by atoms with van der Waals surface area (Å²) in [4.78, 5) is 45.2. The Hall–Kier alpha value is -2.18. The van der Waals surface area contributed by atoms with Gasteiger partial charge in [0.15, 0.2) is 0 Å². The summed E-state index contributed by atoms with van der Waals surface area (Å²) >= 11 is 4.24. The zero-order chi connectivity index (χ0) is 34.9. The number of carbonyl (C=O) groups is 4. The number of rotatable bonds is 11. The molecule has 0 saturated heterocycles. The van der Waals surface area contributed by atoms with Crippen molar-refractivity contribution < 1.29 is 28.7 Å². The topological polar surface area (TPSA) is 86.7 Å². The molecule has 0 saturated carbocycles. The van der Waals surface area contributed by atoms with E-state index in [2.05, 4.69) is 108 Å². The van der Waals surface area contributed by atoms with Crippen LogP contribution >= 0.6 is 37.2 Å². The smallest absolute Gasteiger partial charge is 0.317 e. The Bertz CT molecular complexity index is 1150. The molecule has 6 nitrogen and oxygen atoms in total. The standard InChI is InChI=1S/C17H24O3.C10H12O3.C8H16.CH4.I2/c1-8-9-12(4)10-20-17(19)16(15(7)18)14(6)13(5)11(2)3;1-4-5-8(2)7-13-10(12)6-9(3)11;1-6(2)8(5)7(3)4;;1-2/h14,16H,1,10H2,2-7H3;1,6-7H2,2-3H3;6H,1-5H3;1H4;. The average Bonchev–Trinajstić information content (AvgIpc) is 2.91. The summed E-state index contributed by atoms with van der Waals surface area (Å²) in [6, 6.07) is 0. The molecule has 0 bridgehead atoms. The van der Waals surface area contributed by atoms with Gasteiger partial charge in [-0.2, -0.15) is 0 Å². The van der Waals surface area contributed by atoms with Gasteiger partial charge in [0, 0.05) is 48.4 Å². The average molecular weight is 839 g/mol. The van der Waals surface area contributed by atoms with Gasteiger partial charge in [-0.15, -0.1) is 0 Å². The van der Waals surface area contributed by atoms with Crippen LogP contribution in [-0.2, 0) is 28.7 Å². The summed E-state index contributed by atoms with van der Waals surface area (Å²) in [6.45, 7) is 31.9. The van der Waals surface area contributed by atoms with Gasteiger partial charge in [-0.1, -0.05) is 73.4 Å². The maximum absolute atomic E-state index is 12.1.